The van der Waals surface area contributed by atoms with Crippen molar-refractivity contribution < 1.29 is 24.3 Å². The highest BCUT2D eigenvalue weighted by Gasteiger charge is 2.29. The Morgan fingerprint density at radius 1 is 1.03 bits per heavy atom. The van der Waals surface area contributed by atoms with Crippen molar-refractivity contribution in [2.45, 2.75) is 58.5 Å². The summed E-state index contributed by atoms with van der Waals surface area (Å²) in [5.41, 5.74) is 1.06. The maximum atomic E-state index is 12.7. The van der Waals surface area contributed by atoms with Gasteiger partial charge in [-0.3, -0.25) is 19.2 Å². The molecule has 0 radical (unpaired) electrons. The van der Waals surface area contributed by atoms with E-state index in [-0.39, 0.29) is 24.7 Å². The molecule has 1 aromatic carbocycles. The van der Waals surface area contributed by atoms with Crippen LogP contribution >= 0.6 is 0 Å². The summed E-state index contributed by atoms with van der Waals surface area (Å²) in [5, 5.41) is 16.9. The standard InChI is InChI=1S/C21H31N3O5/c1-4-14(2)19(23-15(3)25)21(29)24-17(10-11-18(26)27)20(28)22-13-12-16-8-6-5-7-9-16/h5-9,14,17,19H,4,10-13H2,1-3H3,(H,22,28)(H,23,25)(H,24,29)(H,26,27). The minimum Gasteiger partial charge on any atom is -0.481 e. The van der Waals surface area contributed by atoms with Gasteiger partial charge in [0.15, 0.2) is 0 Å². The van der Waals surface area contributed by atoms with Gasteiger partial charge in [-0.05, 0) is 24.3 Å². The monoisotopic (exact) mass is 405 g/mol. The van der Waals surface area contributed by atoms with E-state index in [1.54, 1.807) is 0 Å². The van der Waals surface area contributed by atoms with Crippen LogP contribution in [0.25, 0.3) is 0 Å². The third-order valence-corrected chi connectivity index (χ3v) is 4.69. The van der Waals surface area contributed by atoms with Crippen LogP contribution < -0.4 is 16.0 Å². The molecular weight excluding hydrogens is 374 g/mol. The topological polar surface area (TPSA) is 125 Å². The number of carboxylic acid groups (broad SMARTS) is 1. The number of carbonyl (C=O) groups excluding carboxylic acids is 3. The van der Waals surface area contributed by atoms with Crippen LogP contribution in [0.4, 0.5) is 0 Å². The van der Waals surface area contributed by atoms with Crippen LogP contribution in [0.2, 0.25) is 0 Å². The molecule has 1 rings (SSSR count). The Morgan fingerprint density at radius 3 is 2.24 bits per heavy atom. The molecule has 8 nitrogen and oxygen atoms in total. The Bertz CT molecular complexity index is 693. The summed E-state index contributed by atoms with van der Waals surface area (Å²) in [5.74, 6) is -2.48. The molecule has 0 bridgehead atoms. The maximum Gasteiger partial charge on any atom is 0.303 e. The molecule has 8 heteroatoms. The van der Waals surface area contributed by atoms with Crippen LogP contribution in [0.3, 0.4) is 0 Å². The molecule has 0 aliphatic heterocycles. The summed E-state index contributed by atoms with van der Waals surface area (Å²) in [6, 6.07) is 7.83. The molecule has 0 aliphatic rings. The van der Waals surface area contributed by atoms with Gasteiger partial charge in [-0.15, -0.1) is 0 Å². The Kier molecular flexibility index (Phi) is 10.4. The number of hydrogen-bond donors (Lipinski definition) is 4. The number of hydrogen-bond acceptors (Lipinski definition) is 4. The van der Waals surface area contributed by atoms with E-state index >= 15 is 0 Å². The van der Waals surface area contributed by atoms with E-state index in [1.807, 2.05) is 44.2 Å². The molecule has 0 spiro atoms. The van der Waals surface area contributed by atoms with Gasteiger partial charge in [-0.2, -0.15) is 0 Å². The average Bonchev–Trinajstić information content (AvgIpc) is 2.68. The van der Waals surface area contributed by atoms with Crippen LogP contribution in [-0.4, -0.2) is 47.4 Å². The summed E-state index contributed by atoms with van der Waals surface area (Å²) in [6.45, 7) is 5.40. The molecule has 4 N–H and O–H groups in total. The molecule has 0 aliphatic carbocycles. The van der Waals surface area contributed by atoms with Crippen molar-refractivity contribution >= 4 is 23.7 Å². The van der Waals surface area contributed by atoms with Crippen molar-refractivity contribution in [1.29, 1.82) is 0 Å². The molecule has 29 heavy (non-hydrogen) atoms. The first-order valence-corrected chi connectivity index (χ1v) is 9.85. The van der Waals surface area contributed by atoms with Gasteiger partial charge < -0.3 is 21.1 Å². The highest BCUT2D eigenvalue weighted by molar-refractivity contribution is 5.92. The second-order valence-electron chi connectivity index (χ2n) is 7.08. The predicted molar refractivity (Wildman–Crippen MR) is 109 cm³/mol. The highest BCUT2D eigenvalue weighted by atomic mass is 16.4. The Labute approximate surface area is 171 Å². The van der Waals surface area contributed by atoms with Crippen LogP contribution in [0, 0.1) is 5.92 Å². The summed E-state index contributed by atoms with van der Waals surface area (Å²) in [4.78, 5) is 47.6. The molecule has 0 saturated carbocycles. The fraction of sp³-hybridized carbons (Fsp3) is 0.524. The minimum absolute atomic E-state index is 0.0362. The third kappa shape index (κ3) is 9.23. The number of amides is 3. The summed E-state index contributed by atoms with van der Waals surface area (Å²) in [6.07, 6.45) is 0.978. The lowest BCUT2D eigenvalue weighted by atomic mass is 9.97. The van der Waals surface area contributed by atoms with Gasteiger partial charge in [0, 0.05) is 19.9 Å². The molecule has 3 atom stereocenters. The molecule has 160 valence electrons. The largest absolute Gasteiger partial charge is 0.481 e. The molecule has 3 amide bonds. The van der Waals surface area contributed by atoms with Crippen molar-refractivity contribution in [3.05, 3.63) is 35.9 Å². The molecule has 1 aromatic rings. The highest BCUT2D eigenvalue weighted by Crippen LogP contribution is 2.09. The lowest BCUT2D eigenvalue weighted by Crippen LogP contribution is -2.55. The smallest absolute Gasteiger partial charge is 0.303 e. The zero-order valence-corrected chi connectivity index (χ0v) is 17.2. The fourth-order valence-electron chi connectivity index (χ4n) is 2.82. The quantitative estimate of drug-likeness (QED) is 0.416. The number of carbonyl (C=O) groups is 4. The van der Waals surface area contributed by atoms with Crippen LogP contribution in [0.5, 0.6) is 0 Å². The second-order valence-corrected chi connectivity index (χ2v) is 7.08. The summed E-state index contributed by atoms with van der Waals surface area (Å²) >= 11 is 0. The molecular formula is C21H31N3O5. The van der Waals surface area contributed by atoms with E-state index < -0.39 is 29.9 Å². The number of benzene rings is 1. The van der Waals surface area contributed by atoms with Gasteiger partial charge in [0.05, 0.1) is 0 Å². The second kappa shape index (κ2) is 12.5. The van der Waals surface area contributed by atoms with Crippen molar-refractivity contribution in [2.75, 3.05) is 6.54 Å². The predicted octanol–water partition coefficient (Wildman–Crippen LogP) is 1.25. The van der Waals surface area contributed by atoms with E-state index in [9.17, 15) is 19.2 Å². The lowest BCUT2D eigenvalue weighted by Gasteiger charge is -2.26. The number of nitrogens with one attached hydrogen (secondary N) is 3. The minimum atomic E-state index is -1.05. The summed E-state index contributed by atoms with van der Waals surface area (Å²) in [7, 11) is 0. The van der Waals surface area contributed by atoms with Crippen LogP contribution in [0.1, 0.15) is 45.6 Å². The first-order valence-electron chi connectivity index (χ1n) is 9.85. The Morgan fingerprint density at radius 2 is 1.69 bits per heavy atom. The molecule has 0 saturated heterocycles. The van der Waals surface area contributed by atoms with Crippen molar-refractivity contribution in [1.82, 2.24) is 16.0 Å². The summed E-state index contributed by atoms with van der Waals surface area (Å²) < 4.78 is 0. The van der Waals surface area contributed by atoms with Crippen LogP contribution in [-0.2, 0) is 25.6 Å². The molecule has 3 unspecified atom stereocenters. The maximum absolute atomic E-state index is 12.7. The van der Waals surface area contributed by atoms with E-state index in [0.29, 0.717) is 19.4 Å². The van der Waals surface area contributed by atoms with Gasteiger partial charge in [-0.1, -0.05) is 50.6 Å². The van der Waals surface area contributed by atoms with E-state index in [4.69, 9.17) is 5.11 Å². The van der Waals surface area contributed by atoms with Gasteiger partial charge >= 0.3 is 5.97 Å². The van der Waals surface area contributed by atoms with Crippen molar-refractivity contribution in [3.63, 3.8) is 0 Å². The molecule has 0 aromatic heterocycles. The van der Waals surface area contributed by atoms with Gasteiger partial charge in [-0.25, -0.2) is 0 Å². The average molecular weight is 405 g/mol. The van der Waals surface area contributed by atoms with Gasteiger partial charge in [0.25, 0.3) is 0 Å². The SMILES string of the molecule is CCC(C)C(NC(C)=O)C(=O)NC(CCC(=O)O)C(=O)NCCc1ccccc1. The Balaban J connectivity index is 2.75. The van der Waals surface area contributed by atoms with E-state index in [2.05, 4.69) is 16.0 Å². The van der Waals surface area contributed by atoms with Crippen LogP contribution in [0.15, 0.2) is 30.3 Å². The van der Waals surface area contributed by atoms with Crippen molar-refractivity contribution in [3.8, 4) is 0 Å². The zero-order chi connectivity index (χ0) is 21.8. The first kappa shape index (κ1) is 24.1. The third-order valence-electron chi connectivity index (χ3n) is 4.69. The lowest BCUT2D eigenvalue weighted by molar-refractivity contribution is -0.138. The van der Waals surface area contributed by atoms with Gasteiger partial charge in [0.2, 0.25) is 17.7 Å². The van der Waals surface area contributed by atoms with E-state index in [0.717, 1.165) is 5.56 Å². The molecule has 0 heterocycles. The number of carboxylic acids is 1. The van der Waals surface area contributed by atoms with Gasteiger partial charge in [0.1, 0.15) is 12.1 Å². The van der Waals surface area contributed by atoms with E-state index in [1.165, 1.54) is 6.92 Å². The molecule has 0 fully saturated rings. The first-order chi connectivity index (χ1) is 13.7. The number of aliphatic carboxylic acids is 1. The zero-order valence-electron chi connectivity index (χ0n) is 17.2. The number of rotatable bonds is 12. The normalized spacial score (nSPS) is 13.6. The van der Waals surface area contributed by atoms with Crippen molar-refractivity contribution in [2.24, 2.45) is 5.92 Å². The fourth-order valence-corrected chi connectivity index (χ4v) is 2.82. The Hall–Kier alpha value is -2.90.